The summed E-state index contributed by atoms with van der Waals surface area (Å²) in [5.41, 5.74) is 5.06. The normalized spacial score (nSPS) is 25.8. The number of carboxylic acid groups (broad SMARTS) is 1. The molecule has 2 saturated carbocycles. The second kappa shape index (κ2) is 9.11. The van der Waals surface area contributed by atoms with Gasteiger partial charge < -0.3 is 19.3 Å². The number of carbonyl (C=O) groups excluding carboxylic acids is 1. The summed E-state index contributed by atoms with van der Waals surface area (Å²) >= 11 is 13.0. The van der Waals surface area contributed by atoms with Crippen molar-refractivity contribution in [1.82, 2.24) is 5.16 Å². The van der Waals surface area contributed by atoms with Crippen molar-refractivity contribution < 1.29 is 24.0 Å². The van der Waals surface area contributed by atoms with Crippen LogP contribution < -0.4 is 4.90 Å². The highest BCUT2D eigenvalue weighted by molar-refractivity contribution is 6.39. The smallest absolute Gasteiger partial charge is 0.307 e. The lowest BCUT2D eigenvalue weighted by Crippen LogP contribution is -2.43. The summed E-state index contributed by atoms with van der Waals surface area (Å²) in [7, 11) is 0. The Morgan fingerprint density at radius 3 is 2.58 bits per heavy atom. The Bertz CT molecular complexity index is 1440. The zero-order valence-corrected chi connectivity index (χ0v) is 22.0. The van der Waals surface area contributed by atoms with Gasteiger partial charge >= 0.3 is 5.97 Å². The standard InChI is InChI=1S/C29H26Cl2N2O5/c30-22-2-1-3-23(31)25(22)26-21(27(38-32-26)14-4-5-14)13-37-24-12-19-11-20(24)28(34)33(19)18-7-6-15-8-17(29(35)36)9-16(15)10-18/h1-3,6-7,10,14,17,19-20,24H,4-5,8-9,11-13H2,(H,35,36)/t17?,19-,20+,24+/m0/s1. The van der Waals surface area contributed by atoms with Gasteiger partial charge in [0.1, 0.15) is 11.5 Å². The lowest BCUT2D eigenvalue weighted by atomic mass is 10.0. The number of hydrogen-bond acceptors (Lipinski definition) is 5. The van der Waals surface area contributed by atoms with Crippen molar-refractivity contribution in [3.05, 3.63) is 68.9 Å². The van der Waals surface area contributed by atoms with Gasteiger partial charge in [-0.25, -0.2) is 0 Å². The van der Waals surface area contributed by atoms with E-state index in [0.29, 0.717) is 40.1 Å². The first-order valence-corrected chi connectivity index (χ1v) is 13.9. The SMILES string of the molecule is O=C(O)C1Cc2ccc(N3C(=O)[C@@H]4C[C@H]3C[C@H]4OCc3c(-c4c(Cl)cccc4Cl)noc3C3CC3)cc2C1. The Hall–Kier alpha value is -2.87. The van der Waals surface area contributed by atoms with E-state index < -0.39 is 5.97 Å². The average Bonchev–Trinajstić information content (AvgIpc) is 3.21. The highest BCUT2D eigenvalue weighted by Gasteiger charge is 2.52. The average molecular weight is 553 g/mol. The second-order valence-corrected chi connectivity index (χ2v) is 11.7. The van der Waals surface area contributed by atoms with Crippen molar-refractivity contribution in [2.45, 2.75) is 63.2 Å². The quantitative estimate of drug-likeness (QED) is 0.384. The van der Waals surface area contributed by atoms with Crippen molar-refractivity contribution in [3.63, 3.8) is 0 Å². The van der Waals surface area contributed by atoms with Gasteiger partial charge in [0.15, 0.2) is 0 Å². The monoisotopic (exact) mass is 552 g/mol. The molecule has 1 unspecified atom stereocenters. The predicted molar refractivity (Wildman–Crippen MR) is 141 cm³/mol. The molecule has 3 aromatic rings. The molecule has 0 spiro atoms. The number of anilines is 1. The fraction of sp³-hybridized carbons (Fsp3) is 0.414. The minimum absolute atomic E-state index is 0.0649. The van der Waals surface area contributed by atoms with Crippen LogP contribution in [-0.2, 0) is 33.8 Å². The summed E-state index contributed by atoms with van der Waals surface area (Å²) in [6.45, 7) is 0.281. The van der Waals surface area contributed by atoms with Gasteiger partial charge in [-0.3, -0.25) is 9.59 Å². The first-order chi connectivity index (χ1) is 18.4. The summed E-state index contributed by atoms with van der Waals surface area (Å²) in [6.07, 6.45) is 4.47. The molecule has 7 nitrogen and oxygen atoms in total. The Balaban J connectivity index is 1.09. The zero-order chi connectivity index (χ0) is 26.1. The third kappa shape index (κ3) is 3.94. The van der Waals surface area contributed by atoms with E-state index in [0.717, 1.165) is 53.8 Å². The van der Waals surface area contributed by atoms with E-state index in [9.17, 15) is 14.7 Å². The number of benzene rings is 2. The third-order valence-corrected chi connectivity index (χ3v) is 9.19. The van der Waals surface area contributed by atoms with Crippen molar-refractivity contribution in [2.24, 2.45) is 11.8 Å². The number of rotatable bonds is 7. The van der Waals surface area contributed by atoms with Crippen LogP contribution in [0, 0.1) is 11.8 Å². The molecule has 1 aliphatic heterocycles. The number of aromatic nitrogens is 1. The van der Waals surface area contributed by atoms with Crippen molar-refractivity contribution >= 4 is 40.8 Å². The third-order valence-electron chi connectivity index (χ3n) is 8.56. The lowest BCUT2D eigenvalue weighted by molar-refractivity contribution is -0.141. The van der Waals surface area contributed by atoms with Gasteiger partial charge in [0.25, 0.3) is 0 Å². The van der Waals surface area contributed by atoms with Gasteiger partial charge in [-0.1, -0.05) is 40.5 Å². The van der Waals surface area contributed by atoms with E-state index in [4.69, 9.17) is 32.5 Å². The van der Waals surface area contributed by atoms with Crippen LogP contribution in [0.25, 0.3) is 11.3 Å². The Labute approximate surface area is 229 Å². The van der Waals surface area contributed by atoms with Gasteiger partial charge in [-0.2, -0.15) is 0 Å². The van der Waals surface area contributed by atoms with Crippen LogP contribution in [0.4, 0.5) is 5.69 Å². The van der Waals surface area contributed by atoms with Crippen LogP contribution in [-0.4, -0.2) is 34.3 Å². The van der Waals surface area contributed by atoms with Crippen molar-refractivity contribution in [2.75, 3.05) is 4.90 Å². The lowest BCUT2D eigenvalue weighted by Gasteiger charge is -2.31. The highest BCUT2D eigenvalue weighted by atomic mass is 35.5. The molecule has 1 amide bonds. The summed E-state index contributed by atoms with van der Waals surface area (Å²) in [5.74, 6) is -0.139. The molecule has 4 aliphatic rings. The number of ether oxygens (including phenoxy) is 1. The van der Waals surface area contributed by atoms with Gasteiger partial charge in [0.05, 0.1) is 34.6 Å². The maximum atomic E-state index is 13.5. The van der Waals surface area contributed by atoms with Gasteiger partial charge in [-0.15, -0.1) is 0 Å². The molecular weight excluding hydrogens is 527 g/mol. The predicted octanol–water partition coefficient (Wildman–Crippen LogP) is 6.04. The maximum Gasteiger partial charge on any atom is 0.307 e. The molecule has 2 bridgehead atoms. The Morgan fingerprint density at radius 1 is 1.11 bits per heavy atom. The number of carboxylic acids is 1. The summed E-state index contributed by atoms with van der Waals surface area (Å²) in [5, 5.41) is 14.7. The largest absolute Gasteiger partial charge is 0.481 e. The van der Waals surface area contributed by atoms with Crippen molar-refractivity contribution in [1.29, 1.82) is 0 Å². The second-order valence-electron chi connectivity index (χ2n) is 10.9. The van der Waals surface area contributed by atoms with Crippen LogP contribution in [0.5, 0.6) is 0 Å². The van der Waals surface area contributed by atoms with Crippen LogP contribution in [0.15, 0.2) is 40.9 Å². The van der Waals surface area contributed by atoms with E-state index in [1.54, 1.807) is 18.2 Å². The minimum atomic E-state index is -0.767. The van der Waals surface area contributed by atoms with E-state index in [-0.39, 0.29) is 36.5 Å². The summed E-state index contributed by atoms with van der Waals surface area (Å²) in [6, 6.07) is 11.4. The van der Waals surface area contributed by atoms with Gasteiger partial charge in [0, 0.05) is 28.8 Å². The fourth-order valence-corrected chi connectivity index (χ4v) is 7.07. The van der Waals surface area contributed by atoms with E-state index in [1.807, 2.05) is 23.1 Å². The van der Waals surface area contributed by atoms with Crippen LogP contribution >= 0.6 is 23.2 Å². The number of carbonyl (C=O) groups is 2. The van der Waals surface area contributed by atoms with E-state index >= 15 is 0 Å². The minimum Gasteiger partial charge on any atom is -0.481 e. The first-order valence-electron chi connectivity index (χ1n) is 13.1. The van der Waals surface area contributed by atoms with Crippen LogP contribution in [0.3, 0.4) is 0 Å². The molecule has 2 heterocycles. The number of aliphatic carboxylic acids is 1. The molecule has 4 atom stereocenters. The van der Waals surface area contributed by atoms with Crippen LogP contribution in [0.2, 0.25) is 10.0 Å². The number of halogens is 2. The Morgan fingerprint density at radius 2 is 1.87 bits per heavy atom. The van der Waals surface area contributed by atoms with E-state index in [1.165, 1.54) is 0 Å². The number of amides is 1. The molecule has 1 aromatic heterocycles. The van der Waals surface area contributed by atoms with Crippen LogP contribution in [0.1, 0.15) is 54.1 Å². The molecule has 1 saturated heterocycles. The maximum absolute atomic E-state index is 13.5. The summed E-state index contributed by atoms with van der Waals surface area (Å²) in [4.78, 5) is 26.8. The molecule has 0 radical (unpaired) electrons. The molecule has 7 rings (SSSR count). The molecule has 3 fully saturated rings. The van der Waals surface area contributed by atoms with E-state index in [2.05, 4.69) is 5.16 Å². The molecule has 3 aliphatic carbocycles. The fourth-order valence-electron chi connectivity index (χ4n) is 6.49. The number of fused-ring (bicyclic) bond motifs is 3. The zero-order valence-electron chi connectivity index (χ0n) is 20.5. The van der Waals surface area contributed by atoms with Gasteiger partial charge in [0.2, 0.25) is 5.91 Å². The number of nitrogens with zero attached hydrogens (tertiary/aromatic N) is 2. The summed E-state index contributed by atoms with van der Waals surface area (Å²) < 4.78 is 12.2. The number of piperidine rings is 1. The number of hydrogen-bond donors (Lipinski definition) is 1. The molecule has 2 aromatic carbocycles. The molecule has 196 valence electrons. The molecule has 1 N–H and O–H groups in total. The first kappa shape index (κ1) is 24.2. The highest BCUT2D eigenvalue weighted by Crippen LogP contribution is 2.48. The van der Waals surface area contributed by atoms with Gasteiger partial charge in [-0.05, 0) is 73.9 Å². The Kier molecular flexibility index (Phi) is 5.80. The molecule has 38 heavy (non-hydrogen) atoms. The molecular formula is C29H26Cl2N2O5. The topological polar surface area (TPSA) is 92.9 Å². The van der Waals surface area contributed by atoms with Crippen molar-refractivity contribution in [3.8, 4) is 11.3 Å². The molecule has 9 heteroatoms.